The van der Waals surface area contributed by atoms with Crippen molar-refractivity contribution in [2.45, 2.75) is 51.6 Å². The molecular formula is C24H28N4O2. The molecule has 1 aliphatic rings. The Morgan fingerprint density at radius 1 is 1.07 bits per heavy atom. The number of ether oxygens (including phenoxy) is 1. The van der Waals surface area contributed by atoms with Gasteiger partial charge in [0.1, 0.15) is 12.1 Å². The smallest absolute Gasteiger partial charge is 0.231 e. The van der Waals surface area contributed by atoms with E-state index in [2.05, 4.69) is 48.2 Å². The average Bonchev–Trinajstić information content (AvgIpc) is 3.27. The largest absolute Gasteiger partial charge is 0.497 e. The molecule has 156 valence electrons. The predicted octanol–water partition coefficient (Wildman–Crippen LogP) is 4.85. The van der Waals surface area contributed by atoms with E-state index in [1.54, 1.807) is 13.4 Å². The summed E-state index contributed by atoms with van der Waals surface area (Å²) in [6.45, 7) is 4.18. The average molecular weight is 405 g/mol. The van der Waals surface area contributed by atoms with E-state index in [0.29, 0.717) is 12.4 Å². The molecule has 0 spiro atoms. The molecule has 2 aromatic carbocycles. The summed E-state index contributed by atoms with van der Waals surface area (Å²) in [5, 5.41) is 4.50. The second-order valence-corrected chi connectivity index (χ2v) is 7.82. The zero-order valence-electron chi connectivity index (χ0n) is 17.8. The third-order valence-corrected chi connectivity index (χ3v) is 5.80. The highest BCUT2D eigenvalue weighted by Crippen LogP contribution is 2.42. The second-order valence-electron chi connectivity index (χ2n) is 7.82. The van der Waals surface area contributed by atoms with Crippen LogP contribution < -0.4 is 9.64 Å². The van der Waals surface area contributed by atoms with Gasteiger partial charge in [0.25, 0.3) is 0 Å². The number of rotatable bonds is 6. The van der Waals surface area contributed by atoms with Crippen LogP contribution in [-0.4, -0.2) is 27.8 Å². The molecule has 1 aliphatic heterocycles. The first-order valence-corrected chi connectivity index (χ1v) is 10.5. The van der Waals surface area contributed by atoms with Crippen molar-refractivity contribution in [2.24, 2.45) is 0 Å². The molecule has 0 saturated heterocycles. The van der Waals surface area contributed by atoms with Gasteiger partial charge in [-0.05, 0) is 43.0 Å². The number of aromatic nitrogens is 3. The molecule has 1 aromatic heterocycles. The summed E-state index contributed by atoms with van der Waals surface area (Å²) in [5.41, 5.74) is 3.47. The summed E-state index contributed by atoms with van der Waals surface area (Å²) in [6.07, 6.45) is 4.63. The van der Waals surface area contributed by atoms with Crippen LogP contribution in [0.15, 0.2) is 54.9 Å². The predicted molar refractivity (Wildman–Crippen MR) is 117 cm³/mol. The van der Waals surface area contributed by atoms with Crippen molar-refractivity contribution in [1.82, 2.24) is 14.8 Å². The Bertz CT molecular complexity index is 995. The molecule has 0 radical (unpaired) electrons. The quantitative estimate of drug-likeness (QED) is 0.589. The molecule has 0 N–H and O–H groups in total. The maximum atomic E-state index is 13.2. The lowest BCUT2D eigenvalue weighted by Gasteiger charge is -2.39. The summed E-state index contributed by atoms with van der Waals surface area (Å²) < 4.78 is 7.22. The van der Waals surface area contributed by atoms with Gasteiger partial charge in [-0.15, -0.1) is 0 Å². The third-order valence-electron chi connectivity index (χ3n) is 5.80. The highest BCUT2D eigenvalue weighted by molar-refractivity contribution is 5.92. The van der Waals surface area contributed by atoms with Crippen LogP contribution in [0.5, 0.6) is 5.75 Å². The third kappa shape index (κ3) is 3.82. The van der Waals surface area contributed by atoms with E-state index in [-0.39, 0.29) is 18.0 Å². The second kappa shape index (κ2) is 8.69. The number of unbranched alkanes of at least 4 members (excludes halogenated alkanes) is 1. The standard InChI is InChI=1S/C24H28N4O2/c1-4-5-6-23(29)27-21(18-11-13-20(30-3)14-12-18)15-22(28-24(27)25-16-26-28)19-9-7-17(2)8-10-19/h7-14,16,21-22H,4-6,15H2,1-3H3/t21-,22-/m1/s1. The minimum Gasteiger partial charge on any atom is -0.497 e. The van der Waals surface area contributed by atoms with Gasteiger partial charge in [-0.1, -0.05) is 55.3 Å². The topological polar surface area (TPSA) is 60.2 Å². The van der Waals surface area contributed by atoms with E-state index in [0.717, 1.165) is 30.6 Å². The summed E-state index contributed by atoms with van der Waals surface area (Å²) in [6, 6.07) is 16.4. The lowest BCUT2D eigenvalue weighted by Crippen LogP contribution is -2.42. The van der Waals surface area contributed by atoms with Crippen LogP contribution in [0.1, 0.15) is 61.4 Å². The van der Waals surface area contributed by atoms with Crippen LogP contribution in [0.4, 0.5) is 5.95 Å². The fourth-order valence-corrected chi connectivity index (χ4v) is 4.10. The van der Waals surface area contributed by atoms with E-state index in [4.69, 9.17) is 4.74 Å². The molecule has 2 atom stereocenters. The minimum absolute atomic E-state index is 0.0189. The van der Waals surface area contributed by atoms with Crippen molar-refractivity contribution in [3.8, 4) is 5.75 Å². The van der Waals surface area contributed by atoms with Crippen molar-refractivity contribution in [2.75, 3.05) is 12.0 Å². The fourth-order valence-electron chi connectivity index (χ4n) is 4.10. The van der Waals surface area contributed by atoms with E-state index in [1.807, 2.05) is 33.8 Å². The number of anilines is 1. The summed E-state index contributed by atoms with van der Waals surface area (Å²) in [7, 11) is 1.66. The Labute approximate surface area is 177 Å². The molecular weight excluding hydrogens is 376 g/mol. The Hall–Kier alpha value is -3.15. The van der Waals surface area contributed by atoms with Gasteiger partial charge in [0.2, 0.25) is 11.9 Å². The highest BCUT2D eigenvalue weighted by Gasteiger charge is 2.39. The lowest BCUT2D eigenvalue weighted by atomic mass is 9.91. The molecule has 0 fully saturated rings. The number of methoxy groups -OCH3 is 1. The van der Waals surface area contributed by atoms with Crippen LogP contribution >= 0.6 is 0 Å². The molecule has 0 bridgehead atoms. The normalized spacial score (nSPS) is 18.2. The Balaban J connectivity index is 1.78. The number of fused-ring (bicyclic) bond motifs is 1. The van der Waals surface area contributed by atoms with Crippen LogP contribution in [0, 0.1) is 6.92 Å². The van der Waals surface area contributed by atoms with Crippen LogP contribution in [0.3, 0.4) is 0 Å². The zero-order valence-corrected chi connectivity index (χ0v) is 17.8. The van der Waals surface area contributed by atoms with Gasteiger partial charge < -0.3 is 4.74 Å². The van der Waals surface area contributed by atoms with Crippen molar-refractivity contribution in [3.63, 3.8) is 0 Å². The molecule has 30 heavy (non-hydrogen) atoms. The molecule has 3 aromatic rings. The van der Waals surface area contributed by atoms with Gasteiger partial charge in [-0.2, -0.15) is 10.1 Å². The Morgan fingerprint density at radius 3 is 2.40 bits per heavy atom. The van der Waals surface area contributed by atoms with Crippen LogP contribution in [-0.2, 0) is 4.79 Å². The molecule has 0 aliphatic carbocycles. The number of aryl methyl sites for hydroxylation is 1. The van der Waals surface area contributed by atoms with Gasteiger partial charge >= 0.3 is 0 Å². The monoisotopic (exact) mass is 404 g/mol. The van der Waals surface area contributed by atoms with Crippen molar-refractivity contribution in [1.29, 1.82) is 0 Å². The number of carbonyl (C=O) groups is 1. The van der Waals surface area contributed by atoms with E-state index >= 15 is 0 Å². The van der Waals surface area contributed by atoms with Crippen molar-refractivity contribution in [3.05, 3.63) is 71.5 Å². The Morgan fingerprint density at radius 2 is 1.73 bits per heavy atom. The molecule has 0 unspecified atom stereocenters. The van der Waals surface area contributed by atoms with Crippen molar-refractivity contribution >= 4 is 11.9 Å². The molecule has 2 heterocycles. The molecule has 4 rings (SSSR count). The minimum atomic E-state index is -0.108. The van der Waals surface area contributed by atoms with Gasteiger partial charge in [0.05, 0.1) is 19.2 Å². The van der Waals surface area contributed by atoms with Crippen molar-refractivity contribution < 1.29 is 9.53 Å². The molecule has 0 saturated carbocycles. The van der Waals surface area contributed by atoms with Gasteiger partial charge in [-0.3, -0.25) is 9.69 Å². The van der Waals surface area contributed by atoms with Gasteiger partial charge in [0, 0.05) is 6.42 Å². The first kappa shape index (κ1) is 20.1. The Kier molecular flexibility index (Phi) is 5.84. The first-order chi connectivity index (χ1) is 14.6. The summed E-state index contributed by atoms with van der Waals surface area (Å²) in [4.78, 5) is 19.6. The number of nitrogens with zero attached hydrogens (tertiary/aromatic N) is 4. The summed E-state index contributed by atoms with van der Waals surface area (Å²) >= 11 is 0. The first-order valence-electron chi connectivity index (χ1n) is 10.5. The van der Waals surface area contributed by atoms with Gasteiger partial charge in [-0.25, -0.2) is 4.68 Å². The van der Waals surface area contributed by atoms with Gasteiger partial charge in [0.15, 0.2) is 0 Å². The number of amides is 1. The molecule has 6 nitrogen and oxygen atoms in total. The van der Waals surface area contributed by atoms with Crippen LogP contribution in [0.25, 0.3) is 0 Å². The summed E-state index contributed by atoms with van der Waals surface area (Å²) in [5.74, 6) is 1.51. The zero-order chi connectivity index (χ0) is 21.1. The fraction of sp³-hybridized carbons (Fsp3) is 0.375. The number of hydrogen-bond donors (Lipinski definition) is 0. The molecule has 6 heteroatoms. The number of benzene rings is 2. The van der Waals surface area contributed by atoms with E-state index < -0.39 is 0 Å². The highest BCUT2D eigenvalue weighted by atomic mass is 16.5. The lowest BCUT2D eigenvalue weighted by molar-refractivity contribution is -0.119. The van der Waals surface area contributed by atoms with Crippen LogP contribution in [0.2, 0.25) is 0 Å². The van der Waals surface area contributed by atoms with E-state index in [1.165, 1.54) is 11.1 Å². The maximum Gasteiger partial charge on any atom is 0.231 e. The maximum absolute atomic E-state index is 13.2. The number of carbonyl (C=O) groups excluding carboxylic acids is 1. The SMILES string of the molecule is CCCCC(=O)N1c2ncnn2[C@@H](c2ccc(C)cc2)C[C@@H]1c1ccc(OC)cc1. The molecule has 1 amide bonds. The van der Waals surface area contributed by atoms with E-state index in [9.17, 15) is 4.79 Å². The number of hydrogen-bond acceptors (Lipinski definition) is 4.